The van der Waals surface area contributed by atoms with Gasteiger partial charge in [0, 0.05) is 11.4 Å². The van der Waals surface area contributed by atoms with Crippen LogP contribution in [0.15, 0.2) is 24.3 Å². The highest BCUT2D eigenvalue weighted by molar-refractivity contribution is 9.10. The summed E-state index contributed by atoms with van der Waals surface area (Å²) < 4.78 is 25.1. The van der Waals surface area contributed by atoms with Gasteiger partial charge in [-0.25, -0.2) is 8.42 Å². The molecule has 0 fully saturated rings. The van der Waals surface area contributed by atoms with E-state index in [-0.39, 0.29) is 16.5 Å². The highest BCUT2D eigenvalue weighted by atomic mass is 79.9. The first-order chi connectivity index (χ1) is 8.34. The molecule has 1 aromatic rings. The van der Waals surface area contributed by atoms with Gasteiger partial charge in [0.15, 0.2) is 0 Å². The summed E-state index contributed by atoms with van der Waals surface area (Å²) in [5.41, 5.74) is 1.09. The Bertz CT molecular complexity index is 512. The second-order valence-corrected chi connectivity index (χ2v) is 7.07. The molecule has 0 radical (unpaired) electrons. The van der Waals surface area contributed by atoms with Gasteiger partial charge in [0.2, 0.25) is 15.9 Å². The maximum Gasteiger partial charge on any atom is 0.237 e. The first-order valence-electron chi connectivity index (χ1n) is 5.39. The van der Waals surface area contributed by atoms with Crippen molar-refractivity contribution in [3.8, 4) is 0 Å². The molecule has 1 aromatic carbocycles. The van der Waals surface area contributed by atoms with Gasteiger partial charge in [-0.15, -0.1) is 0 Å². The van der Waals surface area contributed by atoms with Gasteiger partial charge in [-0.2, -0.15) is 0 Å². The summed E-state index contributed by atoms with van der Waals surface area (Å²) in [6.07, 6.45) is 0. The smallest absolute Gasteiger partial charge is 0.237 e. The Kier molecular flexibility index (Phi) is 5.15. The van der Waals surface area contributed by atoms with Crippen molar-refractivity contribution in [2.75, 3.05) is 15.8 Å². The molecule has 100 valence electrons. The van der Waals surface area contributed by atoms with Crippen molar-refractivity contribution < 1.29 is 13.2 Å². The molecule has 0 bridgehead atoms. The minimum Gasteiger partial charge on any atom is -0.325 e. The monoisotopic (exact) mass is 334 g/mol. The van der Waals surface area contributed by atoms with Crippen molar-refractivity contribution in [1.29, 1.82) is 0 Å². The Hall–Kier alpha value is -1.08. The van der Waals surface area contributed by atoms with Crippen molar-refractivity contribution in [3.63, 3.8) is 0 Å². The Labute approximate surface area is 115 Å². The normalized spacial score (nSPS) is 12.8. The first kappa shape index (κ1) is 15.0. The van der Waals surface area contributed by atoms with Crippen LogP contribution in [0.5, 0.6) is 0 Å². The lowest BCUT2D eigenvalue weighted by Gasteiger charge is -2.09. The molecule has 0 aliphatic rings. The molecule has 0 aromatic heterocycles. The number of anilines is 2. The van der Waals surface area contributed by atoms with Crippen LogP contribution in [0.25, 0.3) is 0 Å². The lowest BCUT2D eigenvalue weighted by atomic mass is 10.3. The molecule has 1 rings (SSSR count). The van der Waals surface area contributed by atoms with Gasteiger partial charge in [-0.3, -0.25) is 9.52 Å². The number of benzene rings is 1. The molecule has 1 unspecified atom stereocenters. The maximum absolute atomic E-state index is 11.4. The van der Waals surface area contributed by atoms with Gasteiger partial charge in [0.05, 0.1) is 10.6 Å². The first-order valence-corrected chi connectivity index (χ1v) is 7.96. The highest BCUT2D eigenvalue weighted by Gasteiger charge is 2.09. The number of halogens is 1. The molecule has 5 nitrogen and oxygen atoms in total. The SMILES string of the molecule is CCS(=O)(=O)Nc1ccc(NC(=O)C(C)Br)cc1. The number of alkyl halides is 1. The fourth-order valence-corrected chi connectivity index (χ4v) is 1.87. The number of carbonyl (C=O) groups excluding carboxylic acids is 1. The van der Waals surface area contributed by atoms with Gasteiger partial charge >= 0.3 is 0 Å². The topological polar surface area (TPSA) is 75.3 Å². The van der Waals surface area contributed by atoms with Crippen molar-refractivity contribution in [3.05, 3.63) is 24.3 Å². The molecule has 0 heterocycles. The van der Waals surface area contributed by atoms with Crippen LogP contribution in [0, 0.1) is 0 Å². The molecule has 0 spiro atoms. The molecule has 0 saturated heterocycles. The molecular formula is C11H15BrN2O3S. The Morgan fingerprint density at radius 2 is 1.78 bits per heavy atom. The lowest BCUT2D eigenvalue weighted by molar-refractivity contribution is -0.115. The molecule has 1 amide bonds. The fraction of sp³-hybridized carbons (Fsp3) is 0.364. The van der Waals surface area contributed by atoms with Crippen LogP contribution in [0.3, 0.4) is 0 Å². The molecule has 0 aliphatic carbocycles. The van der Waals surface area contributed by atoms with E-state index in [9.17, 15) is 13.2 Å². The number of carbonyl (C=O) groups is 1. The highest BCUT2D eigenvalue weighted by Crippen LogP contribution is 2.15. The Morgan fingerprint density at radius 1 is 1.28 bits per heavy atom. The molecule has 2 N–H and O–H groups in total. The number of hydrogen-bond acceptors (Lipinski definition) is 3. The van der Waals surface area contributed by atoms with E-state index in [1.807, 2.05) is 0 Å². The largest absolute Gasteiger partial charge is 0.325 e. The van der Waals surface area contributed by atoms with Crippen LogP contribution in [0.1, 0.15) is 13.8 Å². The average molecular weight is 335 g/mol. The summed E-state index contributed by atoms with van der Waals surface area (Å²) in [6.45, 7) is 3.29. The van der Waals surface area contributed by atoms with Crippen molar-refractivity contribution in [2.24, 2.45) is 0 Å². The third-order valence-electron chi connectivity index (χ3n) is 2.17. The van der Waals surface area contributed by atoms with Gasteiger partial charge in [-0.05, 0) is 38.1 Å². The van der Waals surface area contributed by atoms with E-state index in [0.717, 1.165) is 0 Å². The van der Waals surface area contributed by atoms with E-state index in [4.69, 9.17) is 0 Å². The number of sulfonamides is 1. The molecule has 18 heavy (non-hydrogen) atoms. The van der Waals surface area contributed by atoms with E-state index in [1.165, 1.54) is 0 Å². The van der Waals surface area contributed by atoms with Gasteiger partial charge in [-0.1, -0.05) is 15.9 Å². The summed E-state index contributed by atoms with van der Waals surface area (Å²) >= 11 is 3.16. The van der Waals surface area contributed by atoms with E-state index < -0.39 is 10.0 Å². The molecule has 1 atom stereocenters. The summed E-state index contributed by atoms with van der Waals surface area (Å²) in [6, 6.07) is 6.48. The molecule has 0 saturated carbocycles. The van der Waals surface area contributed by atoms with Crippen molar-refractivity contribution >= 4 is 43.2 Å². The summed E-state index contributed by atoms with van der Waals surface area (Å²) in [5, 5.41) is 2.68. The summed E-state index contributed by atoms with van der Waals surface area (Å²) in [5.74, 6) is -0.135. The quantitative estimate of drug-likeness (QED) is 0.810. The van der Waals surface area contributed by atoms with Gasteiger partial charge in [0.25, 0.3) is 0 Å². The van der Waals surface area contributed by atoms with Crippen LogP contribution in [0.4, 0.5) is 11.4 Å². The average Bonchev–Trinajstić information content (AvgIpc) is 2.31. The summed E-state index contributed by atoms with van der Waals surface area (Å²) in [4.78, 5) is 11.1. The number of amides is 1. The van der Waals surface area contributed by atoms with Gasteiger partial charge < -0.3 is 5.32 Å². The zero-order valence-electron chi connectivity index (χ0n) is 10.1. The second-order valence-electron chi connectivity index (χ2n) is 3.69. The zero-order valence-corrected chi connectivity index (χ0v) is 12.5. The number of rotatable bonds is 5. The second kappa shape index (κ2) is 6.19. The number of hydrogen-bond donors (Lipinski definition) is 2. The Balaban J connectivity index is 2.72. The van der Waals surface area contributed by atoms with Crippen LogP contribution >= 0.6 is 15.9 Å². The molecule has 0 aliphatic heterocycles. The minimum absolute atomic E-state index is 0.0204. The maximum atomic E-state index is 11.4. The third-order valence-corrected chi connectivity index (χ3v) is 3.89. The van der Waals surface area contributed by atoms with Crippen LogP contribution in [0.2, 0.25) is 0 Å². The summed E-state index contributed by atoms with van der Waals surface area (Å²) in [7, 11) is -3.27. The van der Waals surface area contributed by atoms with Crippen LogP contribution < -0.4 is 10.0 Å². The van der Waals surface area contributed by atoms with Crippen molar-refractivity contribution in [2.45, 2.75) is 18.7 Å². The van der Waals surface area contributed by atoms with Gasteiger partial charge in [0.1, 0.15) is 0 Å². The van der Waals surface area contributed by atoms with Crippen LogP contribution in [-0.2, 0) is 14.8 Å². The molecule has 7 heteroatoms. The third kappa shape index (κ3) is 4.66. The van der Waals surface area contributed by atoms with E-state index in [0.29, 0.717) is 11.4 Å². The van der Waals surface area contributed by atoms with Crippen molar-refractivity contribution in [1.82, 2.24) is 0 Å². The fourth-order valence-electron chi connectivity index (χ4n) is 1.12. The Morgan fingerprint density at radius 3 is 2.22 bits per heavy atom. The van der Waals surface area contributed by atoms with E-state index in [2.05, 4.69) is 26.0 Å². The minimum atomic E-state index is -3.27. The lowest BCUT2D eigenvalue weighted by Crippen LogP contribution is -2.19. The predicted octanol–water partition coefficient (Wildman–Crippen LogP) is 2.17. The molecular weight excluding hydrogens is 320 g/mol. The predicted molar refractivity (Wildman–Crippen MR) is 76.5 cm³/mol. The van der Waals surface area contributed by atoms with E-state index >= 15 is 0 Å². The van der Waals surface area contributed by atoms with Crippen LogP contribution in [-0.4, -0.2) is 24.9 Å². The zero-order chi connectivity index (χ0) is 13.8. The standard InChI is InChI=1S/C11H15BrN2O3S/c1-3-18(16,17)14-10-6-4-9(5-7-10)13-11(15)8(2)12/h4-8,14H,3H2,1-2H3,(H,13,15). The van der Waals surface area contributed by atoms with E-state index in [1.54, 1.807) is 38.1 Å². The number of nitrogens with one attached hydrogen (secondary N) is 2.